The van der Waals surface area contributed by atoms with Gasteiger partial charge in [-0.1, -0.05) is 42.5 Å². The highest BCUT2D eigenvalue weighted by Crippen LogP contribution is 2.26. The molecule has 0 N–H and O–H groups in total. The fourth-order valence-electron chi connectivity index (χ4n) is 2.43. The Labute approximate surface area is 111 Å². The summed E-state index contributed by atoms with van der Waals surface area (Å²) in [7, 11) is 0. The summed E-state index contributed by atoms with van der Waals surface area (Å²) in [5.74, 6) is -0.272. The van der Waals surface area contributed by atoms with Crippen LogP contribution in [0.15, 0.2) is 54.1 Å². The first-order valence-corrected chi connectivity index (χ1v) is 6.33. The van der Waals surface area contributed by atoms with Crippen molar-refractivity contribution in [3.05, 3.63) is 76.6 Å². The molecule has 2 heteroatoms. The number of allylic oxidation sites excluding steroid dienone is 1. The molecule has 0 amide bonds. The number of hydrogen-bond acceptors (Lipinski definition) is 1. The van der Waals surface area contributed by atoms with Gasteiger partial charge in [-0.25, -0.2) is 4.39 Å². The topological polar surface area (TPSA) is 17.1 Å². The van der Waals surface area contributed by atoms with Gasteiger partial charge in [0.05, 0.1) is 0 Å². The maximum absolute atomic E-state index is 13.6. The number of ketones is 1. The molecule has 2 aromatic carbocycles. The fraction of sp³-hybridized carbons (Fsp3) is 0.118. The number of rotatable bonds is 1. The Hall–Kier alpha value is -2.22. The van der Waals surface area contributed by atoms with Crippen molar-refractivity contribution in [2.24, 2.45) is 0 Å². The van der Waals surface area contributed by atoms with Crippen LogP contribution in [0, 0.1) is 5.82 Å². The molecule has 1 aliphatic rings. The molecule has 94 valence electrons. The van der Waals surface area contributed by atoms with Crippen LogP contribution in [0.3, 0.4) is 0 Å². The average Bonchev–Trinajstić information content (AvgIpc) is 2.44. The molecule has 0 spiro atoms. The lowest BCUT2D eigenvalue weighted by atomic mass is 9.86. The number of carbonyl (C=O) groups is 1. The van der Waals surface area contributed by atoms with Crippen LogP contribution in [0.5, 0.6) is 0 Å². The van der Waals surface area contributed by atoms with Crippen LogP contribution < -0.4 is 0 Å². The molecule has 19 heavy (non-hydrogen) atoms. The minimum absolute atomic E-state index is 0.0186. The molecule has 1 aliphatic carbocycles. The maximum atomic E-state index is 13.6. The fourth-order valence-corrected chi connectivity index (χ4v) is 2.43. The molecule has 0 atom stereocenters. The van der Waals surface area contributed by atoms with E-state index in [0.29, 0.717) is 17.6 Å². The van der Waals surface area contributed by atoms with Gasteiger partial charge in [0.25, 0.3) is 0 Å². The van der Waals surface area contributed by atoms with Crippen LogP contribution >= 0.6 is 0 Å². The van der Waals surface area contributed by atoms with E-state index in [-0.39, 0.29) is 11.6 Å². The maximum Gasteiger partial charge on any atom is 0.189 e. The third kappa shape index (κ3) is 2.22. The van der Waals surface area contributed by atoms with Crippen LogP contribution in [-0.4, -0.2) is 5.78 Å². The molecule has 0 bridgehead atoms. The summed E-state index contributed by atoms with van der Waals surface area (Å²) < 4.78 is 13.6. The third-order valence-corrected chi connectivity index (χ3v) is 3.45. The second kappa shape index (κ2) is 4.81. The summed E-state index contributed by atoms with van der Waals surface area (Å²) in [6.45, 7) is 0. The van der Waals surface area contributed by atoms with Gasteiger partial charge in [0.1, 0.15) is 5.82 Å². The molecule has 0 saturated carbocycles. The highest BCUT2D eigenvalue weighted by molar-refractivity contribution is 6.13. The standard InChI is InChI=1S/C17H13FO/c18-16-8-4-2-6-13(16)11-14-10-9-12-5-1-3-7-15(12)17(14)19/h1-8,11H,9-10H2/b14-11-. The first-order chi connectivity index (χ1) is 9.25. The van der Waals surface area contributed by atoms with Crippen molar-refractivity contribution < 1.29 is 9.18 Å². The molecule has 0 fully saturated rings. The molecule has 0 aromatic heterocycles. The van der Waals surface area contributed by atoms with Crippen LogP contribution in [-0.2, 0) is 6.42 Å². The van der Waals surface area contributed by atoms with Gasteiger partial charge in [0, 0.05) is 16.7 Å². The predicted molar refractivity (Wildman–Crippen MR) is 73.5 cm³/mol. The molecule has 0 unspecified atom stereocenters. The van der Waals surface area contributed by atoms with Crippen molar-refractivity contribution in [2.75, 3.05) is 0 Å². The zero-order valence-corrected chi connectivity index (χ0v) is 10.4. The van der Waals surface area contributed by atoms with E-state index in [1.54, 1.807) is 24.3 Å². The lowest BCUT2D eigenvalue weighted by Crippen LogP contribution is -2.13. The summed E-state index contributed by atoms with van der Waals surface area (Å²) in [6.07, 6.45) is 3.18. The third-order valence-electron chi connectivity index (χ3n) is 3.45. The second-order valence-electron chi connectivity index (χ2n) is 4.68. The number of benzene rings is 2. The minimum Gasteiger partial charge on any atom is -0.289 e. The van der Waals surface area contributed by atoms with E-state index in [1.807, 2.05) is 24.3 Å². The van der Waals surface area contributed by atoms with E-state index in [4.69, 9.17) is 0 Å². The van der Waals surface area contributed by atoms with Crippen LogP contribution in [0.2, 0.25) is 0 Å². The number of aryl methyl sites for hydroxylation is 1. The average molecular weight is 252 g/mol. The Morgan fingerprint density at radius 3 is 2.53 bits per heavy atom. The van der Waals surface area contributed by atoms with Gasteiger partial charge >= 0.3 is 0 Å². The Balaban J connectivity index is 2.01. The van der Waals surface area contributed by atoms with Gasteiger partial charge in [-0.05, 0) is 30.5 Å². The van der Waals surface area contributed by atoms with Gasteiger partial charge in [0.15, 0.2) is 5.78 Å². The molecule has 0 saturated heterocycles. The van der Waals surface area contributed by atoms with Crippen LogP contribution in [0.4, 0.5) is 4.39 Å². The number of halogens is 1. The first-order valence-electron chi connectivity index (χ1n) is 6.33. The largest absolute Gasteiger partial charge is 0.289 e. The lowest BCUT2D eigenvalue weighted by Gasteiger charge is -2.17. The van der Waals surface area contributed by atoms with Gasteiger partial charge in [0.2, 0.25) is 0 Å². The van der Waals surface area contributed by atoms with Crippen LogP contribution in [0.1, 0.15) is 27.9 Å². The number of hydrogen-bond donors (Lipinski definition) is 0. The molecule has 0 aliphatic heterocycles. The normalized spacial score (nSPS) is 16.5. The number of carbonyl (C=O) groups excluding carboxylic acids is 1. The van der Waals surface area contributed by atoms with Crippen molar-refractivity contribution in [3.8, 4) is 0 Å². The molecule has 0 radical (unpaired) electrons. The van der Waals surface area contributed by atoms with Gasteiger partial charge in [-0.2, -0.15) is 0 Å². The minimum atomic E-state index is -0.290. The Morgan fingerprint density at radius 1 is 0.947 bits per heavy atom. The molecule has 0 heterocycles. The first kappa shape index (κ1) is 11.8. The van der Waals surface area contributed by atoms with Crippen molar-refractivity contribution >= 4 is 11.9 Å². The van der Waals surface area contributed by atoms with Gasteiger partial charge in [-0.3, -0.25) is 4.79 Å². The monoisotopic (exact) mass is 252 g/mol. The Bertz CT molecular complexity index is 670. The highest BCUT2D eigenvalue weighted by atomic mass is 19.1. The molecule has 1 nitrogen and oxygen atoms in total. The summed E-state index contributed by atoms with van der Waals surface area (Å²) in [6, 6.07) is 14.1. The SMILES string of the molecule is O=C1/C(=C\c2ccccc2F)CCc2ccccc21. The van der Waals surface area contributed by atoms with Crippen molar-refractivity contribution in [3.63, 3.8) is 0 Å². The highest BCUT2D eigenvalue weighted by Gasteiger charge is 2.21. The predicted octanol–water partition coefficient (Wildman–Crippen LogP) is 4.04. The quantitative estimate of drug-likeness (QED) is 0.700. The van der Waals surface area contributed by atoms with E-state index >= 15 is 0 Å². The van der Waals surface area contributed by atoms with E-state index in [2.05, 4.69) is 0 Å². The van der Waals surface area contributed by atoms with E-state index in [1.165, 1.54) is 6.07 Å². The van der Waals surface area contributed by atoms with E-state index < -0.39 is 0 Å². The molecular weight excluding hydrogens is 239 g/mol. The zero-order chi connectivity index (χ0) is 13.2. The van der Waals surface area contributed by atoms with Gasteiger partial charge < -0.3 is 0 Å². The molecule has 2 aromatic rings. The molecular formula is C17H13FO. The molecule has 3 rings (SSSR count). The van der Waals surface area contributed by atoms with Crippen molar-refractivity contribution in [1.29, 1.82) is 0 Å². The number of Topliss-reactive ketones (excluding diaryl/α,β-unsaturated/α-hetero) is 1. The summed E-state index contributed by atoms with van der Waals surface area (Å²) in [4.78, 5) is 12.3. The Morgan fingerprint density at radius 2 is 1.68 bits per heavy atom. The summed E-state index contributed by atoms with van der Waals surface area (Å²) in [5.41, 5.74) is 2.99. The van der Waals surface area contributed by atoms with Crippen LogP contribution in [0.25, 0.3) is 6.08 Å². The van der Waals surface area contributed by atoms with Gasteiger partial charge in [-0.15, -0.1) is 0 Å². The Kier molecular flexibility index (Phi) is 3.00. The second-order valence-corrected chi connectivity index (χ2v) is 4.68. The zero-order valence-electron chi connectivity index (χ0n) is 10.4. The summed E-state index contributed by atoms with van der Waals surface area (Å²) >= 11 is 0. The lowest BCUT2D eigenvalue weighted by molar-refractivity contribution is 0.102. The van der Waals surface area contributed by atoms with Crippen molar-refractivity contribution in [1.82, 2.24) is 0 Å². The van der Waals surface area contributed by atoms with E-state index in [0.717, 1.165) is 17.5 Å². The number of fused-ring (bicyclic) bond motifs is 1. The summed E-state index contributed by atoms with van der Waals surface area (Å²) in [5, 5.41) is 0. The smallest absolute Gasteiger partial charge is 0.189 e. The van der Waals surface area contributed by atoms with E-state index in [9.17, 15) is 9.18 Å². The van der Waals surface area contributed by atoms with Crippen molar-refractivity contribution in [2.45, 2.75) is 12.8 Å².